The number of nitrogens with zero attached hydrogens (tertiary/aromatic N) is 1. The molecule has 0 radical (unpaired) electrons. The third kappa shape index (κ3) is 5.14. The molecule has 0 spiro atoms. The summed E-state index contributed by atoms with van der Waals surface area (Å²) in [6.45, 7) is 8.47. The van der Waals surface area contributed by atoms with E-state index in [-0.39, 0.29) is 5.41 Å². The number of primary amides is 1. The first-order chi connectivity index (χ1) is 7.89. The van der Waals surface area contributed by atoms with Gasteiger partial charge in [0.1, 0.15) is 0 Å². The summed E-state index contributed by atoms with van der Waals surface area (Å²) in [5.41, 5.74) is 5.06. The second-order valence-corrected chi connectivity index (χ2v) is 5.96. The smallest absolute Gasteiger partial charge is 0.312 e. The molecule has 0 aliphatic rings. The summed E-state index contributed by atoms with van der Waals surface area (Å²) in [7, 11) is 0. The van der Waals surface area contributed by atoms with Crippen molar-refractivity contribution in [2.45, 2.75) is 32.7 Å². The first-order valence-electron chi connectivity index (χ1n) is 5.59. The van der Waals surface area contributed by atoms with E-state index in [2.05, 4.69) is 36.4 Å². The SMILES string of the molecule is CC(C)(C)c1ncc(CNCCNC(N)=O)s1. The Bertz CT molecular complexity index is 370. The summed E-state index contributed by atoms with van der Waals surface area (Å²) >= 11 is 1.72. The van der Waals surface area contributed by atoms with Crippen LogP contribution in [0.3, 0.4) is 0 Å². The number of rotatable bonds is 5. The van der Waals surface area contributed by atoms with Gasteiger partial charge in [0.05, 0.1) is 5.01 Å². The Hall–Kier alpha value is -1.14. The molecule has 6 heteroatoms. The van der Waals surface area contributed by atoms with Crippen LogP contribution in [0.15, 0.2) is 6.20 Å². The summed E-state index contributed by atoms with van der Waals surface area (Å²) < 4.78 is 0. The lowest BCUT2D eigenvalue weighted by Gasteiger charge is -2.13. The summed E-state index contributed by atoms with van der Waals surface area (Å²) in [5.74, 6) is 0. The van der Waals surface area contributed by atoms with E-state index in [1.165, 1.54) is 4.88 Å². The fourth-order valence-electron chi connectivity index (χ4n) is 1.22. The van der Waals surface area contributed by atoms with Crippen LogP contribution >= 0.6 is 11.3 Å². The lowest BCUT2D eigenvalue weighted by Crippen LogP contribution is -2.35. The Kier molecular flexibility index (Phi) is 4.89. The van der Waals surface area contributed by atoms with Crippen LogP contribution in [0.1, 0.15) is 30.7 Å². The highest BCUT2D eigenvalue weighted by atomic mass is 32.1. The second kappa shape index (κ2) is 5.97. The van der Waals surface area contributed by atoms with Gasteiger partial charge in [-0.05, 0) is 0 Å². The molecule has 1 aromatic heterocycles. The summed E-state index contributed by atoms with van der Waals surface area (Å²) in [6.07, 6.45) is 1.90. The van der Waals surface area contributed by atoms with Crippen LogP contribution in [0.5, 0.6) is 0 Å². The van der Waals surface area contributed by atoms with Crippen molar-refractivity contribution in [1.82, 2.24) is 15.6 Å². The Morgan fingerprint density at radius 3 is 2.71 bits per heavy atom. The van der Waals surface area contributed by atoms with Gasteiger partial charge in [-0.25, -0.2) is 9.78 Å². The predicted molar refractivity (Wildman–Crippen MR) is 70.1 cm³/mol. The maximum Gasteiger partial charge on any atom is 0.312 e. The van der Waals surface area contributed by atoms with E-state index in [0.29, 0.717) is 13.1 Å². The van der Waals surface area contributed by atoms with Crippen LogP contribution in [-0.4, -0.2) is 24.1 Å². The fraction of sp³-hybridized carbons (Fsp3) is 0.636. The summed E-state index contributed by atoms with van der Waals surface area (Å²) in [5, 5.41) is 6.89. The minimum absolute atomic E-state index is 0.108. The van der Waals surface area contributed by atoms with Crippen molar-refractivity contribution >= 4 is 17.4 Å². The second-order valence-electron chi connectivity index (χ2n) is 4.85. The first-order valence-corrected chi connectivity index (χ1v) is 6.40. The van der Waals surface area contributed by atoms with E-state index in [9.17, 15) is 4.79 Å². The van der Waals surface area contributed by atoms with Crippen LogP contribution < -0.4 is 16.4 Å². The van der Waals surface area contributed by atoms with Crippen molar-refractivity contribution in [3.8, 4) is 0 Å². The van der Waals surface area contributed by atoms with Gasteiger partial charge in [-0.2, -0.15) is 0 Å². The van der Waals surface area contributed by atoms with E-state index in [1.807, 2.05) is 6.20 Å². The predicted octanol–water partition coefficient (Wildman–Crippen LogP) is 1.20. The maximum atomic E-state index is 10.4. The molecule has 1 aromatic rings. The fourth-order valence-corrected chi connectivity index (χ4v) is 2.16. The third-order valence-electron chi connectivity index (χ3n) is 2.10. The number of aromatic nitrogens is 1. The molecule has 1 rings (SSSR count). The van der Waals surface area contributed by atoms with Gasteiger partial charge in [-0.3, -0.25) is 0 Å². The highest BCUT2D eigenvalue weighted by molar-refractivity contribution is 7.11. The summed E-state index contributed by atoms with van der Waals surface area (Å²) in [6, 6.07) is -0.486. The number of carbonyl (C=O) groups excluding carboxylic acids is 1. The molecule has 17 heavy (non-hydrogen) atoms. The van der Waals surface area contributed by atoms with Crippen LogP contribution in [0.2, 0.25) is 0 Å². The molecule has 0 saturated heterocycles. The normalized spacial score (nSPS) is 11.5. The number of hydrogen-bond acceptors (Lipinski definition) is 4. The van der Waals surface area contributed by atoms with Gasteiger partial charge < -0.3 is 16.4 Å². The van der Waals surface area contributed by atoms with Crippen molar-refractivity contribution in [3.63, 3.8) is 0 Å². The molecule has 0 unspecified atom stereocenters. The van der Waals surface area contributed by atoms with Gasteiger partial charge in [-0.15, -0.1) is 11.3 Å². The zero-order valence-electron chi connectivity index (χ0n) is 10.5. The van der Waals surface area contributed by atoms with Crippen molar-refractivity contribution in [3.05, 3.63) is 16.1 Å². The van der Waals surface area contributed by atoms with Gasteiger partial charge >= 0.3 is 6.03 Å². The molecule has 0 atom stereocenters. The van der Waals surface area contributed by atoms with Crippen LogP contribution in [0, 0.1) is 0 Å². The van der Waals surface area contributed by atoms with Crippen LogP contribution in [0.25, 0.3) is 0 Å². The monoisotopic (exact) mass is 256 g/mol. The zero-order chi connectivity index (χ0) is 12.9. The molecule has 96 valence electrons. The van der Waals surface area contributed by atoms with Crippen molar-refractivity contribution in [2.24, 2.45) is 5.73 Å². The molecule has 0 aromatic carbocycles. The molecule has 1 heterocycles. The first kappa shape index (κ1) is 13.9. The van der Waals surface area contributed by atoms with Crippen molar-refractivity contribution in [2.75, 3.05) is 13.1 Å². The van der Waals surface area contributed by atoms with E-state index in [4.69, 9.17) is 5.73 Å². The molecular weight excluding hydrogens is 236 g/mol. The molecule has 5 nitrogen and oxygen atoms in total. The number of amides is 2. The molecule has 0 fully saturated rings. The maximum absolute atomic E-state index is 10.4. The summed E-state index contributed by atoms with van der Waals surface area (Å²) in [4.78, 5) is 16.0. The van der Waals surface area contributed by atoms with Gasteiger partial charge in [0, 0.05) is 36.1 Å². The van der Waals surface area contributed by atoms with Gasteiger partial charge in [0.2, 0.25) is 0 Å². The number of urea groups is 1. The Labute approximate surface area is 106 Å². The lowest BCUT2D eigenvalue weighted by molar-refractivity contribution is 0.249. The molecule has 0 saturated carbocycles. The zero-order valence-corrected chi connectivity index (χ0v) is 11.4. The highest BCUT2D eigenvalue weighted by Gasteiger charge is 2.17. The molecule has 4 N–H and O–H groups in total. The number of carbonyl (C=O) groups is 1. The molecular formula is C11H20N4OS. The average molecular weight is 256 g/mol. The number of hydrogen-bond donors (Lipinski definition) is 3. The third-order valence-corrected chi connectivity index (χ3v) is 3.52. The molecule has 0 bridgehead atoms. The minimum Gasteiger partial charge on any atom is -0.352 e. The quantitative estimate of drug-likeness (QED) is 0.692. The van der Waals surface area contributed by atoms with Crippen LogP contribution in [0.4, 0.5) is 4.79 Å². The van der Waals surface area contributed by atoms with Gasteiger partial charge in [0.25, 0.3) is 0 Å². The standard InChI is InChI=1S/C11H20N4OS/c1-11(2,3)9-15-7-8(17-9)6-13-4-5-14-10(12)16/h7,13H,4-6H2,1-3H3,(H3,12,14,16). The lowest BCUT2D eigenvalue weighted by atomic mass is 9.98. The number of nitrogens with one attached hydrogen (secondary N) is 2. The van der Waals surface area contributed by atoms with Gasteiger partial charge in [0.15, 0.2) is 0 Å². The van der Waals surface area contributed by atoms with E-state index in [1.54, 1.807) is 11.3 Å². The van der Waals surface area contributed by atoms with Crippen LogP contribution in [-0.2, 0) is 12.0 Å². The Balaban J connectivity index is 2.28. The molecule has 0 aliphatic heterocycles. The molecule has 0 aliphatic carbocycles. The van der Waals surface area contributed by atoms with Crippen molar-refractivity contribution < 1.29 is 4.79 Å². The molecule has 2 amide bonds. The minimum atomic E-state index is -0.486. The number of thiazole rings is 1. The number of nitrogens with two attached hydrogens (primary N) is 1. The van der Waals surface area contributed by atoms with Gasteiger partial charge in [-0.1, -0.05) is 20.8 Å². The Morgan fingerprint density at radius 2 is 2.18 bits per heavy atom. The Morgan fingerprint density at radius 1 is 1.47 bits per heavy atom. The van der Waals surface area contributed by atoms with Crippen molar-refractivity contribution in [1.29, 1.82) is 0 Å². The van der Waals surface area contributed by atoms with E-state index < -0.39 is 6.03 Å². The average Bonchev–Trinajstić information content (AvgIpc) is 2.64. The van der Waals surface area contributed by atoms with E-state index >= 15 is 0 Å². The highest BCUT2D eigenvalue weighted by Crippen LogP contribution is 2.26. The van der Waals surface area contributed by atoms with E-state index in [0.717, 1.165) is 11.6 Å². The topological polar surface area (TPSA) is 80.0 Å². The largest absolute Gasteiger partial charge is 0.352 e.